The number of para-hydroxylation sites is 1. The molecular weight excluding hydrogens is 400 g/mol. The number of hydrogen-bond donors (Lipinski definition) is 2. The topological polar surface area (TPSA) is 67.4 Å². The van der Waals surface area contributed by atoms with Crippen molar-refractivity contribution in [1.29, 1.82) is 0 Å². The van der Waals surface area contributed by atoms with Gasteiger partial charge in [-0.1, -0.05) is 80.6 Å². The molecule has 0 aromatic heterocycles. The number of alkyl carbamates (subject to hydrolysis) is 1. The van der Waals surface area contributed by atoms with E-state index in [2.05, 4.69) is 34.9 Å². The molecule has 0 unspecified atom stereocenters. The first-order chi connectivity index (χ1) is 15.5. The third-order valence-corrected chi connectivity index (χ3v) is 5.70. The minimum atomic E-state index is -0.675. The van der Waals surface area contributed by atoms with Crippen LogP contribution in [0.1, 0.15) is 37.3 Å². The lowest BCUT2D eigenvalue weighted by molar-refractivity contribution is -0.118. The largest absolute Gasteiger partial charge is 0.449 e. The van der Waals surface area contributed by atoms with Gasteiger partial charge >= 0.3 is 6.09 Å². The summed E-state index contributed by atoms with van der Waals surface area (Å²) >= 11 is 0. The second kappa shape index (κ2) is 9.69. The standard InChI is InChI=1S/C27H28N2O3/c1-18(2)16-25(26(30)28-19-10-4-3-5-11-19)29-27(31)32-17-24-22-14-8-6-12-20(22)21-13-7-9-15-23(21)24/h3-15,18,24-25H,16-17H2,1-2H3,(H,28,30)(H,29,31)/t25-/m0/s1. The third kappa shape index (κ3) is 4.83. The zero-order valence-electron chi connectivity index (χ0n) is 18.4. The van der Waals surface area contributed by atoms with Gasteiger partial charge in [-0.05, 0) is 46.7 Å². The van der Waals surface area contributed by atoms with Crippen molar-refractivity contribution in [2.24, 2.45) is 5.92 Å². The van der Waals surface area contributed by atoms with Crippen LogP contribution < -0.4 is 10.6 Å². The highest BCUT2D eigenvalue weighted by Crippen LogP contribution is 2.44. The normalized spacial score (nSPS) is 13.2. The first-order valence-corrected chi connectivity index (χ1v) is 11.0. The molecule has 1 aliphatic carbocycles. The maximum Gasteiger partial charge on any atom is 0.407 e. The molecular formula is C27H28N2O3. The van der Waals surface area contributed by atoms with Gasteiger partial charge in [-0.2, -0.15) is 0 Å². The van der Waals surface area contributed by atoms with Gasteiger partial charge in [0.05, 0.1) is 0 Å². The molecule has 0 radical (unpaired) electrons. The van der Waals surface area contributed by atoms with Gasteiger partial charge in [-0.15, -0.1) is 0 Å². The molecule has 0 saturated heterocycles. The maximum atomic E-state index is 12.8. The highest BCUT2D eigenvalue weighted by molar-refractivity contribution is 5.96. The van der Waals surface area contributed by atoms with Crippen molar-refractivity contribution in [3.8, 4) is 11.1 Å². The minimum absolute atomic E-state index is 0.0187. The van der Waals surface area contributed by atoms with Crippen LogP contribution in [0.3, 0.4) is 0 Å². The van der Waals surface area contributed by atoms with Crippen molar-refractivity contribution >= 4 is 17.7 Å². The summed E-state index contributed by atoms with van der Waals surface area (Å²) in [6.07, 6.45) is -0.0659. The molecule has 0 bridgehead atoms. The Hall–Kier alpha value is -3.60. The average Bonchev–Trinajstić information content (AvgIpc) is 3.11. The first kappa shape index (κ1) is 21.6. The number of carbonyl (C=O) groups is 2. The van der Waals surface area contributed by atoms with E-state index in [0.717, 1.165) is 11.1 Å². The van der Waals surface area contributed by atoms with Crippen LogP contribution in [-0.2, 0) is 9.53 Å². The van der Waals surface area contributed by atoms with Gasteiger partial charge in [0, 0.05) is 11.6 Å². The molecule has 0 saturated carbocycles. The van der Waals surface area contributed by atoms with Crippen molar-refractivity contribution in [2.45, 2.75) is 32.2 Å². The van der Waals surface area contributed by atoms with Crippen molar-refractivity contribution in [1.82, 2.24) is 5.32 Å². The molecule has 5 nitrogen and oxygen atoms in total. The van der Waals surface area contributed by atoms with Gasteiger partial charge in [-0.3, -0.25) is 4.79 Å². The van der Waals surface area contributed by atoms with Crippen LogP contribution in [-0.4, -0.2) is 24.6 Å². The lowest BCUT2D eigenvalue weighted by Gasteiger charge is -2.21. The smallest absolute Gasteiger partial charge is 0.407 e. The van der Waals surface area contributed by atoms with Crippen LogP contribution in [0.4, 0.5) is 10.5 Å². The molecule has 2 amide bonds. The van der Waals surface area contributed by atoms with Crippen molar-refractivity contribution in [2.75, 3.05) is 11.9 Å². The lowest BCUT2D eigenvalue weighted by Crippen LogP contribution is -2.45. The summed E-state index contributed by atoms with van der Waals surface area (Å²) in [4.78, 5) is 25.4. The van der Waals surface area contributed by atoms with Crippen LogP contribution in [0.25, 0.3) is 11.1 Å². The fourth-order valence-corrected chi connectivity index (χ4v) is 4.24. The molecule has 32 heavy (non-hydrogen) atoms. The summed E-state index contributed by atoms with van der Waals surface area (Å²) in [5.41, 5.74) is 5.36. The molecule has 0 fully saturated rings. The molecule has 5 heteroatoms. The molecule has 0 aliphatic heterocycles. The summed E-state index contributed by atoms with van der Waals surface area (Å²) in [6, 6.07) is 25.0. The summed E-state index contributed by atoms with van der Waals surface area (Å²) in [5, 5.41) is 5.63. The number of carbonyl (C=O) groups excluding carboxylic acids is 2. The molecule has 164 valence electrons. The summed E-state index contributed by atoms with van der Waals surface area (Å²) in [5.74, 6) is -0.0383. The zero-order chi connectivity index (χ0) is 22.5. The van der Waals surface area contributed by atoms with Crippen LogP contribution in [0.5, 0.6) is 0 Å². The quantitative estimate of drug-likeness (QED) is 0.516. The molecule has 2 N–H and O–H groups in total. The highest BCUT2D eigenvalue weighted by atomic mass is 16.5. The van der Waals surface area contributed by atoms with E-state index in [1.165, 1.54) is 11.1 Å². The molecule has 3 aromatic carbocycles. The Balaban J connectivity index is 1.42. The number of benzene rings is 3. The van der Waals surface area contributed by atoms with Gasteiger partial charge in [0.2, 0.25) is 5.91 Å². The van der Waals surface area contributed by atoms with Gasteiger partial charge in [-0.25, -0.2) is 4.79 Å². The molecule has 1 atom stereocenters. The van der Waals surface area contributed by atoms with Gasteiger partial charge in [0.25, 0.3) is 0 Å². The Morgan fingerprint density at radius 2 is 1.41 bits per heavy atom. The SMILES string of the molecule is CC(C)C[C@H](NC(=O)OCC1c2ccccc2-c2ccccc21)C(=O)Nc1ccccc1. The Kier molecular flexibility index (Phi) is 6.55. The second-order valence-electron chi connectivity index (χ2n) is 8.51. The van der Waals surface area contributed by atoms with Gasteiger partial charge in [0.15, 0.2) is 0 Å². The zero-order valence-corrected chi connectivity index (χ0v) is 18.4. The van der Waals surface area contributed by atoms with Gasteiger partial charge in [0.1, 0.15) is 12.6 Å². The Bertz CT molecular complexity index is 1050. The maximum absolute atomic E-state index is 12.8. The van der Waals surface area contributed by atoms with Crippen molar-refractivity contribution < 1.29 is 14.3 Å². The van der Waals surface area contributed by atoms with Crippen LogP contribution in [0.2, 0.25) is 0 Å². The van der Waals surface area contributed by atoms with Gasteiger partial charge < -0.3 is 15.4 Å². The van der Waals surface area contributed by atoms with E-state index in [0.29, 0.717) is 12.1 Å². The van der Waals surface area contributed by atoms with Crippen molar-refractivity contribution in [3.05, 3.63) is 90.0 Å². The monoisotopic (exact) mass is 428 g/mol. The Morgan fingerprint density at radius 3 is 2.00 bits per heavy atom. The fraction of sp³-hybridized carbons (Fsp3) is 0.259. The Labute approximate surface area is 188 Å². The van der Waals surface area contributed by atoms with E-state index in [-0.39, 0.29) is 24.3 Å². The number of anilines is 1. The predicted molar refractivity (Wildman–Crippen MR) is 127 cm³/mol. The third-order valence-electron chi connectivity index (χ3n) is 5.70. The number of ether oxygens (including phenoxy) is 1. The highest BCUT2D eigenvalue weighted by Gasteiger charge is 2.30. The fourth-order valence-electron chi connectivity index (χ4n) is 4.24. The number of nitrogens with one attached hydrogen (secondary N) is 2. The average molecular weight is 429 g/mol. The minimum Gasteiger partial charge on any atom is -0.449 e. The molecule has 0 spiro atoms. The van der Waals surface area contributed by atoms with E-state index in [4.69, 9.17) is 4.74 Å². The number of fused-ring (bicyclic) bond motifs is 3. The van der Waals surface area contributed by atoms with E-state index in [1.54, 1.807) is 0 Å². The molecule has 0 heterocycles. The van der Waals surface area contributed by atoms with E-state index < -0.39 is 12.1 Å². The van der Waals surface area contributed by atoms with Crippen LogP contribution >= 0.6 is 0 Å². The first-order valence-electron chi connectivity index (χ1n) is 11.0. The summed E-state index contributed by atoms with van der Waals surface area (Å²) < 4.78 is 5.62. The predicted octanol–water partition coefficient (Wildman–Crippen LogP) is 5.58. The summed E-state index contributed by atoms with van der Waals surface area (Å²) in [6.45, 7) is 4.25. The lowest BCUT2D eigenvalue weighted by atomic mass is 9.98. The molecule has 4 rings (SSSR count). The van der Waals surface area contributed by atoms with Crippen molar-refractivity contribution in [3.63, 3.8) is 0 Å². The van der Waals surface area contributed by atoms with E-state index >= 15 is 0 Å². The number of amides is 2. The second-order valence-corrected chi connectivity index (χ2v) is 8.51. The van der Waals surface area contributed by atoms with Crippen LogP contribution in [0, 0.1) is 5.92 Å². The Morgan fingerprint density at radius 1 is 0.844 bits per heavy atom. The molecule has 1 aliphatic rings. The van der Waals surface area contributed by atoms with Crippen LogP contribution in [0.15, 0.2) is 78.9 Å². The molecule has 3 aromatic rings. The summed E-state index contributed by atoms with van der Waals surface area (Å²) in [7, 11) is 0. The van der Waals surface area contributed by atoms with E-state index in [9.17, 15) is 9.59 Å². The number of rotatable bonds is 7. The van der Waals surface area contributed by atoms with E-state index in [1.807, 2.05) is 68.4 Å². The number of hydrogen-bond acceptors (Lipinski definition) is 3.